The number of benzene rings is 1. The molecule has 1 aromatic carbocycles. The quantitative estimate of drug-likeness (QED) is 0.773. The predicted molar refractivity (Wildman–Crippen MR) is 90.5 cm³/mol. The van der Waals surface area contributed by atoms with Gasteiger partial charge in [-0.05, 0) is 49.5 Å². The van der Waals surface area contributed by atoms with Gasteiger partial charge in [-0.1, -0.05) is 30.3 Å². The van der Waals surface area contributed by atoms with Crippen molar-refractivity contribution in [2.24, 2.45) is 11.8 Å². The molecule has 0 spiro atoms. The first-order chi connectivity index (χ1) is 11.7. The lowest BCUT2D eigenvalue weighted by Crippen LogP contribution is -2.60. The Morgan fingerprint density at radius 1 is 1.25 bits per heavy atom. The summed E-state index contributed by atoms with van der Waals surface area (Å²) in [5.74, 6) is 0.689. The highest BCUT2D eigenvalue weighted by atomic mass is 19.1. The topological polar surface area (TPSA) is 29.5 Å². The van der Waals surface area contributed by atoms with Crippen LogP contribution >= 0.6 is 0 Å². The van der Waals surface area contributed by atoms with Gasteiger partial charge in [0.25, 0.3) is 0 Å². The Kier molecular flexibility index (Phi) is 4.11. The normalized spacial score (nSPS) is 38.1. The lowest BCUT2D eigenvalue weighted by Gasteiger charge is -2.48. The third-order valence-corrected chi connectivity index (χ3v) is 6.62. The van der Waals surface area contributed by atoms with Crippen molar-refractivity contribution in [3.05, 3.63) is 35.9 Å². The second-order valence-corrected chi connectivity index (χ2v) is 7.71. The molecule has 3 fully saturated rings. The van der Waals surface area contributed by atoms with Crippen molar-refractivity contribution in [1.29, 1.82) is 0 Å². The molecule has 1 aromatic rings. The van der Waals surface area contributed by atoms with Crippen molar-refractivity contribution < 1.29 is 13.9 Å². The van der Waals surface area contributed by atoms with E-state index >= 15 is 0 Å². The fourth-order valence-electron chi connectivity index (χ4n) is 5.24. The van der Waals surface area contributed by atoms with Gasteiger partial charge in [-0.15, -0.1) is 0 Å². The molecule has 5 atom stereocenters. The van der Waals surface area contributed by atoms with Gasteiger partial charge in [0.15, 0.2) is 0 Å². The smallest absolute Gasteiger partial charge is 0.326 e. The van der Waals surface area contributed by atoms with E-state index in [2.05, 4.69) is 17.0 Å². The molecule has 3 aliphatic rings. The van der Waals surface area contributed by atoms with Crippen LogP contribution in [0.3, 0.4) is 0 Å². The van der Waals surface area contributed by atoms with E-state index < -0.39 is 5.54 Å². The van der Waals surface area contributed by atoms with Crippen molar-refractivity contribution in [3.8, 4) is 0 Å². The minimum Gasteiger partial charge on any atom is -0.468 e. The number of ether oxygens (including phenoxy) is 1. The number of esters is 1. The van der Waals surface area contributed by atoms with E-state index in [0.29, 0.717) is 12.0 Å². The molecule has 0 N–H and O–H groups in total. The van der Waals surface area contributed by atoms with Gasteiger partial charge < -0.3 is 4.74 Å². The predicted octanol–water partition coefficient (Wildman–Crippen LogP) is 3.55. The summed E-state index contributed by atoms with van der Waals surface area (Å²) in [4.78, 5) is 15.4. The van der Waals surface area contributed by atoms with E-state index in [0.717, 1.165) is 38.6 Å². The summed E-state index contributed by atoms with van der Waals surface area (Å²) in [5.41, 5.74) is 0.675. The Bertz CT molecular complexity index is 607. The van der Waals surface area contributed by atoms with Gasteiger partial charge in [0, 0.05) is 18.5 Å². The number of methoxy groups -OCH3 is 1. The summed E-state index contributed by atoms with van der Waals surface area (Å²) in [7, 11) is 1.50. The fourth-order valence-corrected chi connectivity index (χ4v) is 5.24. The molecule has 2 saturated heterocycles. The molecular weight excluding hydrogens is 305 g/mol. The highest BCUT2D eigenvalue weighted by molar-refractivity contribution is 5.83. The number of fused-ring (bicyclic) bond motifs is 2. The van der Waals surface area contributed by atoms with Crippen molar-refractivity contribution in [2.45, 2.75) is 49.6 Å². The first-order valence-electron chi connectivity index (χ1n) is 9.16. The van der Waals surface area contributed by atoms with Crippen LogP contribution in [0.1, 0.15) is 43.6 Å². The first kappa shape index (κ1) is 16.1. The number of carbonyl (C=O) groups is 1. The van der Waals surface area contributed by atoms with Crippen LogP contribution in [0.25, 0.3) is 0 Å². The van der Waals surface area contributed by atoms with E-state index in [-0.39, 0.29) is 24.5 Å². The minimum absolute atomic E-state index is 0.101. The molecule has 0 aromatic heterocycles. The molecule has 2 heterocycles. The van der Waals surface area contributed by atoms with Crippen LogP contribution in [0.4, 0.5) is 4.39 Å². The molecule has 130 valence electrons. The maximum atomic E-state index is 13.0. The van der Waals surface area contributed by atoms with Crippen molar-refractivity contribution in [1.82, 2.24) is 4.90 Å². The van der Waals surface area contributed by atoms with Gasteiger partial charge in [0.1, 0.15) is 5.54 Å². The average Bonchev–Trinajstić information content (AvgIpc) is 3.34. The number of alkyl halides is 1. The maximum Gasteiger partial charge on any atom is 0.326 e. The van der Waals surface area contributed by atoms with E-state index in [1.165, 1.54) is 12.7 Å². The molecule has 1 saturated carbocycles. The molecule has 3 unspecified atom stereocenters. The Hall–Kier alpha value is -1.42. The zero-order valence-corrected chi connectivity index (χ0v) is 14.3. The zero-order valence-electron chi connectivity index (χ0n) is 14.3. The lowest BCUT2D eigenvalue weighted by atomic mass is 9.73. The number of hydrogen-bond donors (Lipinski definition) is 0. The number of rotatable bonds is 5. The minimum atomic E-state index is -0.553. The number of halogens is 1. The van der Waals surface area contributed by atoms with Crippen LogP contribution in [-0.4, -0.2) is 42.8 Å². The van der Waals surface area contributed by atoms with Gasteiger partial charge in [-0.3, -0.25) is 14.1 Å². The SMILES string of the molecule is COC(=O)[C@]12CCC(CC[C@@H]1c1ccccc1)N2CC1CC1CF. The van der Waals surface area contributed by atoms with E-state index in [4.69, 9.17) is 4.74 Å². The summed E-state index contributed by atoms with van der Waals surface area (Å²) in [6.45, 7) is 0.619. The summed E-state index contributed by atoms with van der Waals surface area (Å²) in [6, 6.07) is 10.8. The van der Waals surface area contributed by atoms with E-state index in [9.17, 15) is 9.18 Å². The van der Waals surface area contributed by atoms with Crippen LogP contribution < -0.4 is 0 Å². The molecule has 2 bridgehead atoms. The van der Waals surface area contributed by atoms with Crippen LogP contribution in [0.15, 0.2) is 30.3 Å². The molecule has 24 heavy (non-hydrogen) atoms. The lowest BCUT2D eigenvalue weighted by molar-refractivity contribution is -0.158. The van der Waals surface area contributed by atoms with Crippen LogP contribution in [-0.2, 0) is 9.53 Å². The standard InChI is InChI=1S/C20H26FNO2/c1-24-19(23)20-10-9-17(22(20)13-16-11-15(16)12-21)7-8-18(20)14-5-3-2-4-6-14/h2-6,15-18H,7-13H2,1H3/t15?,16?,17?,18-,20+/m1/s1. The van der Waals surface area contributed by atoms with Gasteiger partial charge in [-0.25, -0.2) is 0 Å². The Labute approximate surface area is 143 Å². The van der Waals surface area contributed by atoms with Gasteiger partial charge in [0.2, 0.25) is 0 Å². The zero-order chi connectivity index (χ0) is 16.7. The molecule has 1 aliphatic carbocycles. The third-order valence-electron chi connectivity index (χ3n) is 6.62. The number of nitrogens with zero attached hydrogens (tertiary/aromatic N) is 1. The first-order valence-corrected chi connectivity index (χ1v) is 9.16. The molecule has 4 heteroatoms. The second kappa shape index (κ2) is 6.14. The summed E-state index contributed by atoms with van der Waals surface area (Å²) >= 11 is 0. The highest BCUT2D eigenvalue weighted by Crippen LogP contribution is 2.54. The summed E-state index contributed by atoms with van der Waals surface area (Å²) < 4.78 is 18.2. The Morgan fingerprint density at radius 2 is 2.04 bits per heavy atom. The second-order valence-electron chi connectivity index (χ2n) is 7.71. The van der Waals surface area contributed by atoms with Gasteiger partial charge in [0.05, 0.1) is 13.8 Å². The molecule has 4 rings (SSSR count). The number of piperidine rings is 1. The fraction of sp³-hybridized carbons (Fsp3) is 0.650. The van der Waals surface area contributed by atoms with Crippen molar-refractivity contribution in [3.63, 3.8) is 0 Å². The Morgan fingerprint density at radius 3 is 2.71 bits per heavy atom. The molecule has 2 aliphatic heterocycles. The van der Waals surface area contributed by atoms with Crippen LogP contribution in [0, 0.1) is 11.8 Å². The molecular formula is C20H26FNO2. The summed E-state index contributed by atoms with van der Waals surface area (Å²) in [5, 5.41) is 0. The largest absolute Gasteiger partial charge is 0.468 e. The van der Waals surface area contributed by atoms with Crippen molar-refractivity contribution in [2.75, 3.05) is 20.3 Å². The van der Waals surface area contributed by atoms with Crippen molar-refractivity contribution >= 4 is 5.97 Å². The Balaban J connectivity index is 1.69. The van der Waals surface area contributed by atoms with Gasteiger partial charge in [-0.2, -0.15) is 0 Å². The monoisotopic (exact) mass is 331 g/mol. The molecule has 0 amide bonds. The maximum absolute atomic E-state index is 13.0. The third kappa shape index (κ3) is 2.38. The van der Waals surface area contributed by atoms with E-state index in [1.807, 2.05) is 18.2 Å². The van der Waals surface area contributed by atoms with E-state index in [1.54, 1.807) is 0 Å². The number of carbonyl (C=O) groups excluding carboxylic acids is 1. The molecule has 0 radical (unpaired) electrons. The highest BCUT2D eigenvalue weighted by Gasteiger charge is 2.61. The van der Waals surface area contributed by atoms with Crippen LogP contribution in [0.5, 0.6) is 0 Å². The number of hydrogen-bond acceptors (Lipinski definition) is 3. The van der Waals surface area contributed by atoms with Crippen LogP contribution in [0.2, 0.25) is 0 Å². The van der Waals surface area contributed by atoms with Gasteiger partial charge >= 0.3 is 5.97 Å². The average molecular weight is 331 g/mol. The summed E-state index contributed by atoms with van der Waals surface area (Å²) in [6.07, 6.45) is 5.01. The molecule has 3 nitrogen and oxygen atoms in total.